The molecule has 1 heterocycles. The van der Waals surface area contributed by atoms with Crippen molar-refractivity contribution in [2.75, 3.05) is 0 Å². The van der Waals surface area contributed by atoms with Gasteiger partial charge in [-0.1, -0.05) is 71.1 Å². The first-order valence-corrected chi connectivity index (χ1v) is 9.77. The van der Waals surface area contributed by atoms with Crippen molar-refractivity contribution in [1.82, 2.24) is 4.98 Å². The van der Waals surface area contributed by atoms with Crippen LogP contribution in [0.15, 0.2) is 5.38 Å². The molecule has 0 saturated heterocycles. The zero-order valence-corrected chi connectivity index (χ0v) is 14.9. The molecule has 3 heteroatoms. The van der Waals surface area contributed by atoms with Crippen LogP contribution in [0.25, 0.3) is 0 Å². The van der Waals surface area contributed by atoms with Crippen LogP contribution < -0.4 is 5.73 Å². The lowest BCUT2D eigenvalue weighted by atomic mass is 10.0. The van der Waals surface area contributed by atoms with E-state index in [0.29, 0.717) is 6.04 Å². The summed E-state index contributed by atoms with van der Waals surface area (Å²) in [6, 6.07) is 0.296. The Morgan fingerprint density at radius 3 is 2.10 bits per heavy atom. The van der Waals surface area contributed by atoms with Crippen LogP contribution in [0.5, 0.6) is 0 Å². The Labute approximate surface area is 135 Å². The van der Waals surface area contributed by atoms with Crippen LogP contribution in [0.1, 0.15) is 88.3 Å². The monoisotopic (exact) mass is 310 g/mol. The second-order valence-corrected chi connectivity index (χ2v) is 7.26. The Hall–Kier alpha value is -0.410. The molecule has 21 heavy (non-hydrogen) atoms. The number of aromatic nitrogens is 1. The first kappa shape index (κ1) is 18.6. The number of rotatable bonds is 13. The normalized spacial score (nSPS) is 12.7. The Kier molecular flexibility index (Phi) is 10.8. The average molecular weight is 311 g/mol. The Morgan fingerprint density at radius 1 is 1.00 bits per heavy atom. The van der Waals surface area contributed by atoms with Crippen LogP contribution in [0.2, 0.25) is 0 Å². The van der Waals surface area contributed by atoms with Gasteiger partial charge in [-0.15, -0.1) is 11.3 Å². The predicted molar refractivity (Wildman–Crippen MR) is 95.0 cm³/mol. The highest BCUT2D eigenvalue weighted by Crippen LogP contribution is 2.14. The van der Waals surface area contributed by atoms with Gasteiger partial charge in [-0.2, -0.15) is 0 Å². The molecule has 2 N–H and O–H groups in total. The van der Waals surface area contributed by atoms with Crippen LogP contribution in [0, 0.1) is 6.92 Å². The third-order valence-corrected chi connectivity index (χ3v) is 5.02. The van der Waals surface area contributed by atoms with E-state index < -0.39 is 0 Å². The number of aryl methyl sites for hydroxylation is 1. The second kappa shape index (κ2) is 12.2. The van der Waals surface area contributed by atoms with Gasteiger partial charge in [-0.25, -0.2) is 4.98 Å². The van der Waals surface area contributed by atoms with E-state index in [-0.39, 0.29) is 0 Å². The quantitative estimate of drug-likeness (QED) is 0.479. The summed E-state index contributed by atoms with van der Waals surface area (Å²) in [5.41, 5.74) is 7.32. The van der Waals surface area contributed by atoms with Crippen LogP contribution >= 0.6 is 11.3 Å². The molecular formula is C18H34N2S. The SMILES string of the molecule is CCCCCCCCCCCCC(N)Cc1nc(C)cs1. The van der Waals surface area contributed by atoms with Gasteiger partial charge in [0.1, 0.15) is 0 Å². The Bertz CT molecular complexity index is 349. The lowest BCUT2D eigenvalue weighted by Crippen LogP contribution is -2.22. The van der Waals surface area contributed by atoms with Crippen molar-refractivity contribution in [2.45, 2.75) is 96.9 Å². The molecule has 0 aliphatic rings. The van der Waals surface area contributed by atoms with Crippen molar-refractivity contribution in [3.63, 3.8) is 0 Å². The number of hydrogen-bond donors (Lipinski definition) is 1. The summed E-state index contributed by atoms with van der Waals surface area (Å²) in [4.78, 5) is 4.49. The number of thiazole rings is 1. The first-order valence-electron chi connectivity index (χ1n) is 8.89. The highest BCUT2D eigenvalue weighted by atomic mass is 32.1. The molecule has 0 radical (unpaired) electrons. The molecule has 0 amide bonds. The third-order valence-electron chi connectivity index (χ3n) is 4.03. The van der Waals surface area contributed by atoms with Crippen LogP contribution in [0.3, 0.4) is 0 Å². The second-order valence-electron chi connectivity index (χ2n) is 6.32. The van der Waals surface area contributed by atoms with Gasteiger partial charge in [0.15, 0.2) is 0 Å². The maximum Gasteiger partial charge on any atom is 0.0943 e. The van der Waals surface area contributed by atoms with E-state index in [1.54, 1.807) is 11.3 Å². The van der Waals surface area contributed by atoms with E-state index in [0.717, 1.165) is 18.5 Å². The standard InChI is InChI=1S/C18H34N2S/c1-3-4-5-6-7-8-9-10-11-12-13-17(19)14-18-20-16(2)15-21-18/h15,17H,3-14,19H2,1-2H3. The molecule has 0 aliphatic carbocycles. The van der Waals surface area contributed by atoms with Crippen LogP contribution in [0.4, 0.5) is 0 Å². The van der Waals surface area contributed by atoms with E-state index in [1.165, 1.54) is 69.2 Å². The molecule has 122 valence electrons. The molecule has 0 saturated carbocycles. The minimum Gasteiger partial charge on any atom is -0.327 e. The number of hydrogen-bond acceptors (Lipinski definition) is 3. The lowest BCUT2D eigenvalue weighted by Gasteiger charge is -2.09. The summed E-state index contributed by atoms with van der Waals surface area (Å²) in [5.74, 6) is 0. The smallest absolute Gasteiger partial charge is 0.0943 e. The zero-order valence-electron chi connectivity index (χ0n) is 14.1. The Morgan fingerprint density at radius 2 is 1.57 bits per heavy atom. The molecule has 2 nitrogen and oxygen atoms in total. The van der Waals surface area contributed by atoms with E-state index in [2.05, 4.69) is 17.3 Å². The lowest BCUT2D eigenvalue weighted by molar-refractivity contribution is 0.519. The summed E-state index contributed by atoms with van der Waals surface area (Å²) < 4.78 is 0. The van der Waals surface area contributed by atoms with Crippen LogP contribution in [-0.4, -0.2) is 11.0 Å². The summed E-state index contributed by atoms with van der Waals surface area (Å²) >= 11 is 1.75. The fourth-order valence-electron chi connectivity index (χ4n) is 2.72. The average Bonchev–Trinajstić information content (AvgIpc) is 2.86. The van der Waals surface area contributed by atoms with Gasteiger partial charge in [-0.05, 0) is 13.3 Å². The largest absolute Gasteiger partial charge is 0.327 e. The molecule has 1 aromatic heterocycles. The zero-order chi connectivity index (χ0) is 15.3. The number of nitrogens with two attached hydrogens (primary N) is 1. The number of nitrogens with zero attached hydrogens (tertiary/aromatic N) is 1. The molecule has 0 aromatic carbocycles. The van der Waals surface area contributed by atoms with E-state index in [9.17, 15) is 0 Å². The molecule has 1 rings (SSSR count). The van der Waals surface area contributed by atoms with Crippen molar-refractivity contribution < 1.29 is 0 Å². The van der Waals surface area contributed by atoms with Crippen molar-refractivity contribution in [1.29, 1.82) is 0 Å². The van der Waals surface area contributed by atoms with Gasteiger partial charge in [0.2, 0.25) is 0 Å². The molecule has 1 unspecified atom stereocenters. The molecule has 1 aromatic rings. The maximum absolute atomic E-state index is 6.19. The van der Waals surface area contributed by atoms with Crippen molar-refractivity contribution >= 4 is 11.3 Å². The minimum absolute atomic E-state index is 0.296. The first-order chi connectivity index (χ1) is 10.2. The number of unbranched alkanes of at least 4 members (excludes halogenated alkanes) is 9. The fourth-order valence-corrected chi connectivity index (χ4v) is 3.58. The van der Waals surface area contributed by atoms with Gasteiger partial charge >= 0.3 is 0 Å². The van der Waals surface area contributed by atoms with Crippen molar-refractivity contribution in [3.05, 3.63) is 16.1 Å². The Balaban J connectivity index is 1.87. The molecule has 0 fully saturated rings. The topological polar surface area (TPSA) is 38.9 Å². The summed E-state index contributed by atoms with van der Waals surface area (Å²) in [6.45, 7) is 4.33. The molecule has 1 atom stereocenters. The summed E-state index contributed by atoms with van der Waals surface area (Å²) in [7, 11) is 0. The minimum atomic E-state index is 0.296. The van der Waals surface area contributed by atoms with Crippen molar-refractivity contribution in [3.8, 4) is 0 Å². The van der Waals surface area contributed by atoms with E-state index in [1.807, 2.05) is 6.92 Å². The van der Waals surface area contributed by atoms with Gasteiger partial charge in [0.05, 0.1) is 5.01 Å². The maximum atomic E-state index is 6.19. The van der Waals surface area contributed by atoms with Gasteiger partial charge < -0.3 is 5.73 Å². The predicted octanol–water partition coefficient (Wildman–Crippen LogP) is 5.63. The third kappa shape index (κ3) is 10.0. The summed E-state index contributed by atoms with van der Waals surface area (Å²) in [6.07, 6.45) is 16.0. The van der Waals surface area contributed by atoms with E-state index >= 15 is 0 Å². The highest BCUT2D eigenvalue weighted by Gasteiger charge is 2.06. The van der Waals surface area contributed by atoms with E-state index in [4.69, 9.17) is 5.73 Å². The van der Waals surface area contributed by atoms with Crippen molar-refractivity contribution in [2.24, 2.45) is 5.73 Å². The van der Waals surface area contributed by atoms with Gasteiger partial charge in [0, 0.05) is 23.5 Å². The molecule has 0 spiro atoms. The fraction of sp³-hybridized carbons (Fsp3) is 0.833. The van der Waals surface area contributed by atoms with Gasteiger partial charge in [0.25, 0.3) is 0 Å². The van der Waals surface area contributed by atoms with Crippen LogP contribution in [-0.2, 0) is 6.42 Å². The molecular weight excluding hydrogens is 276 g/mol. The molecule has 0 bridgehead atoms. The van der Waals surface area contributed by atoms with Gasteiger partial charge in [-0.3, -0.25) is 0 Å². The summed E-state index contributed by atoms with van der Waals surface area (Å²) in [5, 5.41) is 3.31. The molecule has 0 aliphatic heterocycles. The highest BCUT2D eigenvalue weighted by molar-refractivity contribution is 7.09.